The number of carbonyl (C=O) groups excluding carboxylic acids is 1. The smallest absolute Gasteiger partial charge is 0.322 e. The average Bonchev–Trinajstić information content (AvgIpc) is 2.67. The number of urea groups is 1. The summed E-state index contributed by atoms with van der Waals surface area (Å²) in [5.41, 5.74) is 0.514. The largest absolute Gasteiger partial charge is 0.382 e. The maximum Gasteiger partial charge on any atom is 0.322 e. The lowest BCUT2D eigenvalue weighted by Crippen LogP contribution is -2.40. The molecule has 0 radical (unpaired) electrons. The monoisotopic (exact) mass is 426 g/mol. The maximum absolute atomic E-state index is 13.9. The highest BCUT2D eigenvalue weighted by atomic mass is 32.2. The summed E-state index contributed by atoms with van der Waals surface area (Å²) in [6.45, 7) is 5.36. The van der Waals surface area contributed by atoms with Gasteiger partial charge in [0, 0.05) is 18.7 Å². The van der Waals surface area contributed by atoms with Crippen LogP contribution in [0.3, 0.4) is 0 Å². The van der Waals surface area contributed by atoms with Gasteiger partial charge >= 0.3 is 16.1 Å². The summed E-state index contributed by atoms with van der Waals surface area (Å²) in [6, 6.07) is 8.56. The highest BCUT2D eigenvalue weighted by Gasteiger charge is 2.21. The second-order valence-electron chi connectivity index (χ2n) is 6.52. The Bertz CT molecular complexity index is 967. The second kappa shape index (κ2) is 9.69. The Morgan fingerprint density at radius 3 is 2.52 bits per heavy atom. The van der Waals surface area contributed by atoms with Crippen molar-refractivity contribution in [3.05, 3.63) is 59.7 Å². The predicted octanol–water partition coefficient (Wildman–Crippen LogP) is 4.53. The first-order valence-electron chi connectivity index (χ1n) is 9.19. The Kier molecular flexibility index (Phi) is 7.55. The highest BCUT2D eigenvalue weighted by Crippen LogP contribution is 2.21. The van der Waals surface area contributed by atoms with Crippen LogP contribution in [-0.2, 0) is 16.7 Å². The van der Waals surface area contributed by atoms with E-state index in [2.05, 4.69) is 5.32 Å². The third-order valence-electron chi connectivity index (χ3n) is 4.38. The lowest BCUT2D eigenvalue weighted by molar-refractivity contribution is 0.187. The van der Waals surface area contributed by atoms with Crippen molar-refractivity contribution in [3.63, 3.8) is 0 Å². The van der Waals surface area contributed by atoms with Gasteiger partial charge in [-0.05, 0) is 50.1 Å². The lowest BCUT2D eigenvalue weighted by Gasteiger charge is -2.29. The molecule has 2 amide bonds. The molecule has 2 aromatic rings. The van der Waals surface area contributed by atoms with Crippen molar-refractivity contribution in [2.45, 2.75) is 39.8 Å². The summed E-state index contributed by atoms with van der Waals surface area (Å²) in [4.78, 5) is 14.2. The fourth-order valence-corrected chi connectivity index (χ4v) is 3.04. The van der Waals surface area contributed by atoms with Crippen LogP contribution in [-0.4, -0.2) is 31.1 Å². The summed E-state index contributed by atoms with van der Waals surface area (Å²) < 4.78 is 55.3. The Balaban J connectivity index is 2.21. The van der Waals surface area contributed by atoms with Crippen LogP contribution >= 0.6 is 0 Å². The van der Waals surface area contributed by atoms with Crippen molar-refractivity contribution < 1.29 is 26.2 Å². The summed E-state index contributed by atoms with van der Waals surface area (Å²) in [5.74, 6) is -1.62. The van der Waals surface area contributed by atoms with Crippen LogP contribution in [0.4, 0.5) is 19.3 Å². The molecule has 0 aliphatic carbocycles. The fourth-order valence-electron chi connectivity index (χ4n) is 2.52. The van der Waals surface area contributed by atoms with Gasteiger partial charge in [0.15, 0.2) is 0 Å². The van der Waals surface area contributed by atoms with E-state index in [1.807, 2.05) is 13.8 Å². The van der Waals surface area contributed by atoms with E-state index in [1.54, 1.807) is 12.1 Å². The minimum atomic E-state index is -3.67. The molecular weight excluding hydrogens is 402 g/mol. The Labute approximate surface area is 169 Å². The Morgan fingerprint density at radius 1 is 1.17 bits per heavy atom. The van der Waals surface area contributed by atoms with E-state index in [0.717, 1.165) is 12.1 Å². The molecule has 0 saturated carbocycles. The maximum atomic E-state index is 13.9. The minimum Gasteiger partial charge on any atom is -0.382 e. The van der Waals surface area contributed by atoms with Gasteiger partial charge in [0.2, 0.25) is 0 Å². The molecule has 0 aliphatic rings. The van der Waals surface area contributed by atoms with E-state index in [0.29, 0.717) is 18.1 Å². The third kappa shape index (κ3) is 6.42. The van der Waals surface area contributed by atoms with Crippen LogP contribution in [0, 0.1) is 11.6 Å². The lowest BCUT2D eigenvalue weighted by atomic mass is 10.1. The molecule has 0 aliphatic heterocycles. The number of benzene rings is 2. The van der Waals surface area contributed by atoms with Crippen molar-refractivity contribution in [2.75, 3.05) is 11.1 Å². The van der Waals surface area contributed by atoms with Gasteiger partial charge in [0.05, 0.1) is 11.4 Å². The summed E-state index contributed by atoms with van der Waals surface area (Å²) in [5, 5.41) is 2.45. The second-order valence-corrected chi connectivity index (χ2v) is 8.38. The van der Waals surface area contributed by atoms with E-state index < -0.39 is 27.8 Å². The number of hydrogen-bond acceptors (Lipinski definition) is 4. The van der Waals surface area contributed by atoms with Crippen molar-refractivity contribution in [1.82, 2.24) is 4.90 Å². The number of rotatable bonds is 8. The number of anilines is 1. The van der Waals surface area contributed by atoms with Gasteiger partial charge < -0.3 is 14.4 Å². The van der Waals surface area contributed by atoms with Gasteiger partial charge in [-0.15, -0.1) is 0 Å². The molecule has 1 atom stereocenters. The fraction of sp³-hybridized carbons (Fsp3) is 0.350. The van der Waals surface area contributed by atoms with E-state index in [4.69, 9.17) is 4.18 Å². The van der Waals surface area contributed by atoms with Crippen molar-refractivity contribution in [3.8, 4) is 5.75 Å². The first kappa shape index (κ1) is 22.6. The van der Waals surface area contributed by atoms with Gasteiger partial charge in [0.25, 0.3) is 0 Å². The van der Waals surface area contributed by atoms with Crippen molar-refractivity contribution in [1.29, 1.82) is 0 Å². The summed E-state index contributed by atoms with van der Waals surface area (Å²) in [6.07, 6.45) is 0.639. The van der Waals surface area contributed by atoms with Crippen LogP contribution < -0.4 is 9.50 Å². The first-order valence-corrected chi connectivity index (χ1v) is 10.8. The minimum absolute atomic E-state index is 0.129. The SMILES string of the molecule is CCC(C)N(Cc1cccc(OS(=O)(=O)CC)c1)C(=O)Nc1ccc(F)cc1F. The number of amides is 2. The van der Waals surface area contributed by atoms with E-state index in [9.17, 15) is 22.0 Å². The molecule has 2 rings (SSSR count). The molecule has 1 unspecified atom stereocenters. The van der Waals surface area contributed by atoms with Crippen LogP contribution in [0.5, 0.6) is 5.75 Å². The van der Waals surface area contributed by atoms with Crippen molar-refractivity contribution in [2.24, 2.45) is 0 Å². The van der Waals surface area contributed by atoms with Crippen molar-refractivity contribution >= 4 is 21.8 Å². The Morgan fingerprint density at radius 2 is 1.90 bits per heavy atom. The molecule has 1 N–H and O–H groups in total. The van der Waals surface area contributed by atoms with Gasteiger partial charge in [-0.3, -0.25) is 0 Å². The molecule has 0 aromatic heterocycles. The third-order valence-corrected chi connectivity index (χ3v) is 5.54. The molecule has 6 nitrogen and oxygen atoms in total. The zero-order valence-corrected chi connectivity index (χ0v) is 17.3. The van der Waals surface area contributed by atoms with Crippen LogP contribution in [0.1, 0.15) is 32.8 Å². The van der Waals surface area contributed by atoms with Gasteiger partial charge in [-0.25, -0.2) is 13.6 Å². The quantitative estimate of drug-likeness (QED) is 0.630. The topological polar surface area (TPSA) is 75.7 Å². The molecule has 0 bridgehead atoms. The van der Waals surface area contributed by atoms with Crippen LogP contribution in [0.25, 0.3) is 0 Å². The number of nitrogens with one attached hydrogen (secondary N) is 1. The zero-order valence-electron chi connectivity index (χ0n) is 16.5. The summed E-state index contributed by atoms with van der Waals surface area (Å²) >= 11 is 0. The van der Waals surface area contributed by atoms with E-state index >= 15 is 0 Å². The standard InChI is InChI=1S/C20H24F2N2O4S/c1-4-14(3)24(20(25)23-19-10-9-16(21)12-18(19)22)13-15-7-6-8-17(11-15)28-29(26,27)5-2/h6-12,14H,4-5,13H2,1-3H3,(H,23,25). The molecule has 0 saturated heterocycles. The molecule has 2 aromatic carbocycles. The first-order chi connectivity index (χ1) is 13.6. The molecular formula is C20H24F2N2O4S. The number of halogens is 2. The number of hydrogen-bond donors (Lipinski definition) is 1. The number of nitrogens with zero attached hydrogens (tertiary/aromatic N) is 1. The van der Waals surface area contributed by atoms with Gasteiger partial charge in [0.1, 0.15) is 17.4 Å². The average molecular weight is 426 g/mol. The Hall–Kier alpha value is -2.68. The van der Waals surface area contributed by atoms with Crippen LogP contribution in [0.2, 0.25) is 0 Å². The molecule has 0 spiro atoms. The molecule has 158 valence electrons. The molecule has 0 heterocycles. The van der Waals surface area contributed by atoms with Crippen LogP contribution in [0.15, 0.2) is 42.5 Å². The molecule has 29 heavy (non-hydrogen) atoms. The zero-order chi connectivity index (χ0) is 21.6. The predicted molar refractivity (Wildman–Crippen MR) is 107 cm³/mol. The molecule has 9 heteroatoms. The highest BCUT2D eigenvalue weighted by molar-refractivity contribution is 7.87. The van der Waals surface area contributed by atoms with E-state index in [-0.39, 0.29) is 29.8 Å². The summed E-state index contributed by atoms with van der Waals surface area (Å²) in [7, 11) is -3.67. The van der Waals surface area contributed by atoms with Gasteiger partial charge in [-0.2, -0.15) is 8.42 Å². The normalized spacial score (nSPS) is 12.3. The number of carbonyl (C=O) groups is 1. The van der Waals surface area contributed by atoms with E-state index in [1.165, 1.54) is 24.0 Å². The molecule has 0 fully saturated rings. The van der Waals surface area contributed by atoms with Gasteiger partial charge in [-0.1, -0.05) is 19.1 Å².